The predicted octanol–water partition coefficient (Wildman–Crippen LogP) is 2.50. The zero-order valence-corrected chi connectivity index (χ0v) is 15.2. The highest BCUT2D eigenvalue weighted by atomic mass is 16.2. The molecule has 0 unspecified atom stereocenters. The summed E-state index contributed by atoms with van der Waals surface area (Å²) in [4.78, 5) is 27.2. The van der Waals surface area contributed by atoms with E-state index in [-0.39, 0.29) is 11.8 Å². The number of hydrogen-bond donors (Lipinski definition) is 2. The molecule has 0 bridgehead atoms. The molecular formula is C21H22N4O2. The molecule has 0 aliphatic carbocycles. The van der Waals surface area contributed by atoms with Gasteiger partial charge in [0.05, 0.1) is 6.33 Å². The summed E-state index contributed by atoms with van der Waals surface area (Å²) in [7, 11) is 0. The van der Waals surface area contributed by atoms with Gasteiger partial charge in [-0.1, -0.05) is 36.4 Å². The van der Waals surface area contributed by atoms with Crippen molar-refractivity contribution in [2.75, 3.05) is 0 Å². The van der Waals surface area contributed by atoms with Crippen LogP contribution in [0, 0.1) is 0 Å². The molecule has 138 valence electrons. The van der Waals surface area contributed by atoms with Gasteiger partial charge in [-0.2, -0.15) is 0 Å². The molecular weight excluding hydrogens is 340 g/mol. The Kier molecular flexibility index (Phi) is 5.99. The maximum Gasteiger partial charge on any atom is 0.251 e. The molecule has 27 heavy (non-hydrogen) atoms. The summed E-state index contributed by atoms with van der Waals surface area (Å²) in [5.41, 5.74) is 3.77. The number of carbonyl (C=O) groups excluding carboxylic acids is 2. The van der Waals surface area contributed by atoms with Crippen molar-refractivity contribution in [3.05, 3.63) is 89.5 Å². The fourth-order valence-electron chi connectivity index (χ4n) is 2.64. The van der Waals surface area contributed by atoms with Gasteiger partial charge in [-0.15, -0.1) is 0 Å². The number of hydrogen-bond acceptors (Lipinski definition) is 3. The van der Waals surface area contributed by atoms with Crippen molar-refractivity contribution >= 4 is 11.8 Å². The quantitative estimate of drug-likeness (QED) is 0.678. The summed E-state index contributed by atoms with van der Waals surface area (Å²) in [6, 6.07) is 15.4. The van der Waals surface area contributed by atoms with Crippen LogP contribution in [0.1, 0.15) is 34.0 Å². The zero-order valence-electron chi connectivity index (χ0n) is 15.2. The Bertz CT molecular complexity index is 885. The molecule has 2 amide bonds. The summed E-state index contributed by atoms with van der Waals surface area (Å²) in [6.45, 7) is 3.18. The van der Waals surface area contributed by atoms with Gasteiger partial charge in [-0.3, -0.25) is 9.59 Å². The standard InChI is InChI=1S/C21H22N4O2/c1-16(26)23-12-18-6-8-20(9-7-18)21(27)24-13-17-2-4-19(5-3-17)14-25-11-10-22-15-25/h2-11,15H,12-14H2,1H3,(H,23,26)(H,24,27). The lowest BCUT2D eigenvalue weighted by atomic mass is 10.1. The molecule has 3 aromatic rings. The Morgan fingerprint density at radius 2 is 1.48 bits per heavy atom. The first-order chi connectivity index (χ1) is 13.1. The SMILES string of the molecule is CC(=O)NCc1ccc(C(=O)NCc2ccc(Cn3ccnc3)cc2)cc1. The van der Waals surface area contributed by atoms with Crippen LogP contribution in [0.3, 0.4) is 0 Å². The van der Waals surface area contributed by atoms with E-state index in [1.54, 1.807) is 24.7 Å². The van der Waals surface area contributed by atoms with Crippen LogP contribution in [0.15, 0.2) is 67.3 Å². The molecule has 2 N–H and O–H groups in total. The van der Waals surface area contributed by atoms with E-state index >= 15 is 0 Å². The van der Waals surface area contributed by atoms with Crippen molar-refractivity contribution in [1.82, 2.24) is 20.2 Å². The topological polar surface area (TPSA) is 76.0 Å². The van der Waals surface area contributed by atoms with Gasteiger partial charge < -0.3 is 15.2 Å². The number of nitrogens with one attached hydrogen (secondary N) is 2. The zero-order chi connectivity index (χ0) is 19.1. The smallest absolute Gasteiger partial charge is 0.251 e. The third-order valence-corrected chi connectivity index (χ3v) is 4.16. The van der Waals surface area contributed by atoms with Crippen LogP contribution < -0.4 is 10.6 Å². The number of carbonyl (C=O) groups is 2. The number of rotatable bonds is 7. The highest BCUT2D eigenvalue weighted by molar-refractivity contribution is 5.94. The van der Waals surface area contributed by atoms with Gasteiger partial charge in [0.2, 0.25) is 5.91 Å². The third kappa shape index (κ3) is 5.54. The molecule has 6 heteroatoms. The second-order valence-corrected chi connectivity index (χ2v) is 6.34. The molecule has 6 nitrogen and oxygen atoms in total. The van der Waals surface area contributed by atoms with Crippen LogP contribution in [0.4, 0.5) is 0 Å². The van der Waals surface area contributed by atoms with Crippen molar-refractivity contribution in [2.24, 2.45) is 0 Å². The average Bonchev–Trinajstić information content (AvgIpc) is 3.19. The van der Waals surface area contributed by atoms with Crippen molar-refractivity contribution < 1.29 is 9.59 Å². The molecule has 0 spiro atoms. The maximum absolute atomic E-state index is 12.3. The van der Waals surface area contributed by atoms with E-state index in [4.69, 9.17) is 0 Å². The molecule has 0 saturated heterocycles. The highest BCUT2D eigenvalue weighted by Crippen LogP contribution is 2.08. The predicted molar refractivity (Wildman–Crippen MR) is 103 cm³/mol. The minimum Gasteiger partial charge on any atom is -0.352 e. The summed E-state index contributed by atoms with van der Waals surface area (Å²) >= 11 is 0. The van der Waals surface area contributed by atoms with Crippen molar-refractivity contribution in [2.45, 2.75) is 26.6 Å². The molecule has 2 aromatic carbocycles. The van der Waals surface area contributed by atoms with Gasteiger partial charge >= 0.3 is 0 Å². The summed E-state index contributed by atoms with van der Waals surface area (Å²) in [5, 5.41) is 5.66. The maximum atomic E-state index is 12.3. The molecule has 1 aromatic heterocycles. The van der Waals surface area contributed by atoms with Crippen LogP contribution in [-0.4, -0.2) is 21.4 Å². The van der Waals surface area contributed by atoms with Gasteiger partial charge in [0, 0.05) is 44.5 Å². The van der Waals surface area contributed by atoms with E-state index in [9.17, 15) is 9.59 Å². The first kappa shape index (κ1) is 18.4. The van der Waals surface area contributed by atoms with Gasteiger partial charge in [-0.25, -0.2) is 4.98 Å². The Balaban J connectivity index is 1.50. The minimum atomic E-state index is -0.122. The van der Waals surface area contributed by atoms with E-state index in [2.05, 4.69) is 27.8 Å². The van der Waals surface area contributed by atoms with Crippen molar-refractivity contribution in [1.29, 1.82) is 0 Å². The fourth-order valence-corrected chi connectivity index (χ4v) is 2.64. The number of aromatic nitrogens is 2. The highest BCUT2D eigenvalue weighted by Gasteiger charge is 2.06. The van der Waals surface area contributed by atoms with E-state index < -0.39 is 0 Å². The minimum absolute atomic E-state index is 0.0761. The third-order valence-electron chi connectivity index (χ3n) is 4.16. The van der Waals surface area contributed by atoms with E-state index in [1.165, 1.54) is 12.5 Å². The first-order valence-electron chi connectivity index (χ1n) is 8.75. The molecule has 0 atom stereocenters. The monoisotopic (exact) mass is 362 g/mol. The van der Waals surface area contributed by atoms with Crippen LogP contribution in [0.2, 0.25) is 0 Å². The summed E-state index contributed by atoms with van der Waals surface area (Å²) in [5.74, 6) is -0.198. The average molecular weight is 362 g/mol. The van der Waals surface area contributed by atoms with Crippen molar-refractivity contribution in [3.8, 4) is 0 Å². The lowest BCUT2D eigenvalue weighted by Crippen LogP contribution is -2.23. The molecule has 0 aliphatic heterocycles. The summed E-state index contributed by atoms with van der Waals surface area (Å²) in [6.07, 6.45) is 5.47. The van der Waals surface area contributed by atoms with Crippen LogP contribution in [0.25, 0.3) is 0 Å². The van der Waals surface area contributed by atoms with Crippen LogP contribution in [-0.2, 0) is 24.4 Å². The summed E-state index contributed by atoms with van der Waals surface area (Å²) < 4.78 is 2.01. The first-order valence-corrected chi connectivity index (χ1v) is 8.75. The van der Waals surface area contributed by atoms with E-state index in [0.29, 0.717) is 18.7 Å². The molecule has 0 fully saturated rings. The Morgan fingerprint density at radius 3 is 2.07 bits per heavy atom. The van der Waals surface area contributed by atoms with Gasteiger partial charge in [0.25, 0.3) is 5.91 Å². The normalized spacial score (nSPS) is 10.4. The number of benzene rings is 2. The Morgan fingerprint density at radius 1 is 0.889 bits per heavy atom. The van der Waals surface area contributed by atoms with Crippen LogP contribution in [0.5, 0.6) is 0 Å². The van der Waals surface area contributed by atoms with Crippen molar-refractivity contribution in [3.63, 3.8) is 0 Å². The molecule has 1 heterocycles. The van der Waals surface area contributed by atoms with Crippen LogP contribution >= 0.6 is 0 Å². The van der Waals surface area contributed by atoms with Gasteiger partial charge in [-0.05, 0) is 28.8 Å². The number of imidazole rings is 1. The Hall–Kier alpha value is -3.41. The van der Waals surface area contributed by atoms with Gasteiger partial charge in [0.1, 0.15) is 0 Å². The van der Waals surface area contributed by atoms with Gasteiger partial charge in [0.15, 0.2) is 0 Å². The molecule has 3 rings (SSSR count). The fraction of sp³-hybridized carbons (Fsp3) is 0.190. The second kappa shape index (κ2) is 8.80. The molecule has 0 aliphatic rings. The lowest BCUT2D eigenvalue weighted by Gasteiger charge is -2.08. The second-order valence-electron chi connectivity index (χ2n) is 6.34. The van der Waals surface area contributed by atoms with E-state index in [1.807, 2.05) is 35.0 Å². The number of nitrogens with zero attached hydrogens (tertiary/aromatic N) is 2. The lowest BCUT2D eigenvalue weighted by molar-refractivity contribution is -0.119. The van der Waals surface area contributed by atoms with E-state index in [0.717, 1.165) is 17.7 Å². The molecule has 0 radical (unpaired) electrons. The Labute approximate surface area is 158 Å². The number of amides is 2. The largest absolute Gasteiger partial charge is 0.352 e. The molecule has 0 saturated carbocycles.